The van der Waals surface area contributed by atoms with Gasteiger partial charge in [0.25, 0.3) is 5.69 Å². The summed E-state index contributed by atoms with van der Waals surface area (Å²) >= 11 is 0. The molecule has 0 radical (unpaired) electrons. The normalized spacial score (nSPS) is 12.5. The van der Waals surface area contributed by atoms with E-state index in [2.05, 4.69) is 10.6 Å². The van der Waals surface area contributed by atoms with Crippen LogP contribution < -0.4 is 20.1 Å². The highest BCUT2D eigenvalue weighted by Crippen LogP contribution is 2.27. The quantitative estimate of drug-likeness (QED) is 0.338. The molecule has 0 aromatic heterocycles. The summed E-state index contributed by atoms with van der Waals surface area (Å²) in [6, 6.07) is 9.15. The van der Waals surface area contributed by atoms with Crippen LogP contribution in [0.3, 0.4) is 0 Å². The summed E-state index contributed by atoms with van der Waals surface area (Å²) in [5, 5.41) is 35.8. The van der Waals surface area contributed by atoms with Crippen LogP contribution in [0.15, 0.2) is 42.5 Å². The predicted molar refractivity (Wildman–Crippen MR) is 109 cm³/mol. The number of nitro groups is 1. The highest BCUT2D eigenvalue weighted by molar-refractivity contribution is 5.74. The third kappa shape index (κ3) is 6.06. The summed E-state index contributed by atoms with van der Waals surface area (Å²) in [6.07, 6.45) is -0.699. The summed E-state index contributed by atoms with van der Waals surface area (Å²) in [4.78, 5) is 22.3. The summed E-state index contributed by atoms with van der Waals surface area (Å²) in [6.45, 7) is -0.200. The van der Waals surface area contributed by atoms with Crippen LogP contribution in [0.1, 0.15) is 17.2 Å². The second kappa shape index (κ2) is 11.0. The molecular weight excluding hydrogens is 394 g/mol. The lowest BCUT2D eigenvalue weighted by Gasteiger charge is -2.22. The van der Waals surface area contributed by atoms with E-state index in [1.807, 2.05) is 12.1 Å². The van der Waals surface area contributed by atoms with Crippen molar-refractivity contribution >= 4 is 11.7 Å². The number of rotatable bonds is 10. The maximum Gasteiger partial charge on any atom is 0.315 e. The number of amides is 2. The molecule has 30 heavy (non-hydrogen) atoms. The third-order valence-electron chi connectivity index (χ3n) is 4.49. The fourth-order valence-electron chi connectivity index (χ4n) is 2.83. The number of methoxy groups -OCH3 is 2. The van der Waals surface area contributed by atoms with Crippen molar-refractivity contribution in [3.63, 3.8) is 0 Å². The number of benzene rings is 2. The number of nitrogens with one attached hydrogen (secondary N) is 2. The van der Waals surface area contributed by atoms with Crippen molar-refractivity contribution in [2.45, 2.75) is 18.6 Å². The number of nitro benzene ring substituents is 1. The fraction of sp³-hybridized carbons (Fsp3) is 0.350. The number of aliphatic hydroxyl groups excluding tert-OH is 2. The Hall–Kier alpha value is -3.37. The van der Waals surface area contributed by atoms with Crippen molar-refractivity contribution in [1.29, 1.82) is 0 Å². The topological polar surface area (TPSA) is 143 Å². The van der Waals surface area contributed by atoms with Gasteiger partial charge in [0.2, 0.25) is 0 Å². The molecule has 0 aliphatic carbocycles. The number of urea groups is 1. The summed E-state index contributed by atoms with van der Waals surface area (Å²) in [5.74, 6) is 1.20. The van der Waals surface area contributed by atoms with Crippen molar-refractivity contribution in [3.05, 3.63) is 63.7 Å². The Morgan fingerprint density at radius 2 is 1.80 bits per heavy atom. The van der Waals surface area contributed by atoms with Crippen LogP contribution in [0.5, 0.6) is 11.5 Å². The SMILES string of the molecule is COc1ccc(CCNC(=O)N[C@H](CO)[C@@H](O)c2ccc([N+](=O)[O-])cc2)cc1OC. The molecule has 2 rings (SSSR count). The minimum Gasteiger partial charge on any atom is -0.493 e. The maximum absolute atomic E-state index is 12.1. The first-order chi connectivity index (χ1) is 14.4. The molecule has 0 saturated heterocycles. The summed E-state index contributed by atoms with van der Waals surface area (Å²) in [7, 11) is 3.09. The van der Waals surface area contributed by atoms with E-state index in [9.17, 15) is 25.1 Å². The number of nitrogens with zero attached hydrogens (tertiary/aromatic N) is 1. The maximum atomic E-state index is 12.1. The zero-order chi connectivity index (χ0) is 22.1. The van der Waals surface area contributed by atoms with Gasteiger partial charge in [0.1, 0.15) is 6.10 Å². The van der Waals surface area contributed by atoms with E-state index in [0.29, 0.717) is 30.0 Å². The van der Waals surface area contributed by atoms with Gasteiger partial charge in [-0.25, -0.2) is 4.79 Å². The van der Waals surface area contributed by atoms with Gasteiger partial charge in [0, 0.05) is 18.7 Å². The van der Waals surface area contributed by atoms with Crippen molar-refractivity contribution in [3.8, 4) is 11.5 Å². The number of carbonyl (C=O) groups is 1. The lowest BCUT2D eigenvalue weighted by molar-refractivity contribution is -0.384. The fourth-order valence-corrected chi connectivity index (χ4v) is 2.83. The molecule has 2 amide bonds. The number of ether oxygens (including phenoxy) is 2. The van der Waals surface area contributed by atoms with E-state index in [1.165, 1.54) is 24.3 Å². The van der Waals surface area contributed by atoms with Crippen LogP contribution in [0.2, 0.25) is 0 Å². The molecule has 0 fully saturated rings. The average molecular weight is 419 g/mol. The molecule has 0 heterocycles. The first-order valence-electron chi connectivity index (χ1n) is 9.18. The van der Waals surface area contributed by atoms with Gasteiger partial charge in [0.15, 0.2) is 11.5 Å². The minimum atomic E-state index is -1.23. The predicted octanol–water partition coefficient (Wildman–Crippen LogP) is 1.55. The molecule has 0 bridgehead atoms. The standard InChI is InChI=1S/C20H25N3O7/c1-29-17-8-3-13(11-18(17)30-2)9-10-21-20(26)22-16(12-24)19(25)14-4-6-15(7-5-14)23(27)28/h3-8,11,16,19,24-25H,9-10,12H2,1-2H3,(H2,21,22,26)/t16-,19+/m1/s1. The molecule has 0 spiro atoms. The number of hydrogen-bond donors (Lipinski definition) is 4. The monoisotopic (exact) mass is 419 g/mol. The Kier molecular flexibility index (Phi) is 8.39. The molecule has 0 saturated carbocycles. The van der Waals surface area contributed by atoms with Gasteiger partial charge in [-0.1, -0.05) is 6.07 Å². The zero-order valence-electron chi connectivity index (χ0n) is 16.7. The highest BCUT2D eigenvalue weighted by Gasteiger charge is 2.22. The molecule has 10 heteroatoms. The number of carbonyl (C=O) groups excluding carboxylic acids is 1. The molecule has 0 unspecified atom stereocenters. The van der Waals surface area contributed by atoms with Crippen LogP contribution in [-0.2, 0) is 6.42 Å². The van der Waals surface area contributed by atoms with E-state index in [4.69, 9.17) is 9.47 Å². The van der Waals surface area contributed by atoms with E-state index >= 15 is 0 Å². The van der Waals surface area contributed by atoms with Gasteiger partial charge < -0.3 is 30.3 Å². The van der Waals surface area contributed by atoms with E-state index in [1.54, 1.807) is 20.3 Å². The zero-order valence-corrected chi connectivity index (χ0v) is 16.7. The van der Waals surface area contributed by atoms with E-state index < -0.39 is 29.7 Å². The van der Waals surface area contributed by atoms with Crippen LogP contribution in [-0.4, -0.2) is 54.6 Å². The Morgan fingerprint density at radius 1 is 1.13 bits per heavy atom. The van der Waals surface area contributed by atoms with Gasteiger partial charge in [0.05, 0.1) is 31.8 Å². The van der Waals surface area contributed by atoms with Crippen molar-refractivity contribution in [2.24, 2.45) is 0 Å². The molecule has 2 aromatic carbocycles. The van der Waals surface area contributed by atoms with Crippen LogP contribution >= 0.6 is 0 Å². The Labute approximate surface area is 173 Å². The van der Waals surface area contributed by atoms with Gasteiger partial charge in [-0.05, 0) is 41.8 Å². The molecule has 4 N–H and O–H groups in total. The average Bonchev–Trinajstić information content (AvgIpc) is 2.76. The Balaban J connectivity index is 1.88. The first kappa shape index (κ1) is 22.9. The first-order valence-corrected chi connectivity index (χ1v) is 9.18. The van der Waals surface area contributed by atoms with E-state index in [0.717, 1.165) is 5.56 Å². The second-order valence-electron chi connectivity index (χ2n) is 6.42. The van der Waals surface area contributed by atoms with Gasteiger partial charge in [-0.15, -0.1) is 0 Å². The number of aliphatic hydroxyl groups is 2. The Bertz CT molecular complexity index is 858. The Morgan fingerprint density at radius 3 is 2.37 bits per heavy atom. The molecule has 10 nitrogen and oxygen atoms in total. The highest BCUT2D eigenvalue weighted by atomic mass is 16.6. The minimum absolute atomic E-state index is 0.118. The van der Waals surface area contributed by atoms with Crippen molar-refractivity contribution in [2.75, 3.05) is 27.4 Å². The summed E-state index contributed by atoms with van der Waals surface area (Å²) < 4.78 is 10.4. The van der Waals surface area contributed by atoms with Gasteiger partial charge in [-0.2, -0.15) is 0 Å². The van der Waals surface area contributed by atoms with Gasteiger partial charge >= 0.3 is 6.03 Å². The van der Waals surface area contributed by atoms with Gasteiger partial charge in [-0.3, -0.25) is 10.1 Å². The third-order valence-corrected chi connectivity index (χ3v) is 4.49. The lowest BCUT2D eigenvalue weighted by atomic mass is 10.0. The lowest BCUT2D eigenvalue weighted by Crippen LogP contribution is -2.47. The molecule has 2 atom stereocenters. The number of hydrogen-bond acceptors (Lipinski definition) is 7. The molecule has 2 aromatic rings. The smallest absolute Gasteiger partial charge is 0.315 e. The van der Waals surface area contributed by atoms with E-state index in [-0.39, 0.29) is 5.69 Å². The second-order valence-corrected chi connectivity index (χ2v) is 6.42. The van der Waals surface area contributed by atoms with Crippen LogP contribution in [0.25, 0.3) is 0 Å². The number of non-ortho nitro benzene ring substituents is 1. The molecule has 0 aliphatic heterocycles. The largest absolute Gasteiger partial charge is 0.493 e. The molecule has 162 valence electrons. The van der Waals surface area contributed by atoms with Crippen molar-refractivity contribution in [1.82, 2.24) is 10.6 Å². The van der Waals surface area contributed by atoms with Crippen LogP contribution in [0.4, 0.5) is 10.5 Å². The molecule has 0 aliphatic rings. The van der Waals surface area contributed by atoms with Crippen LogP contribution in [0, 0.1) is 10.1 Å². The summed E-state index contributed by atoms with van der Waals surface area (Å²) in [5.41, 5.74) is 1.15. The molecular formula is C20H25N3O7. The van der Waals surface area contributed by atoms with Crippen molar-refractivity contribution < 1.29 is 29.4 Å².